The van der Waals surface area contributed by atoms with Crippen molar-refractivity contribution < 1.29 is 19.1 Å². The zero-order valence-corrected chi connectivity index (χ0v) is 15.1. The van der Waals surface area contributed by atoms with Gasteiger partial charge in [-0.2, -0.15) is 0 Å². The van der Waals surface area contributed by atoms with Crippen molar-refractivity contribution in [2.24, 2.45) is 0 Å². The van der Waals surface area contributed by atoms with E-state index in [0.29, 0.717) is 47.4 Å². The molecule has 2 aromatic rings. The molecule has 0 bridgehead atoms. The van der Waals surface area contributed by atoms with Crippen LogP contribution in [0.15, 0.2) is 36.4 Å². The summed E-state index contributed by atoms with van der Waals surface area (Å²) in [4.78, 5) is 23.9. The van der Waals surface area contributed by atoms with Crippen LogP contribution in [0.2, 0.25) is 5.02 Å². The Labute approximate surface area is 156 Å². The molecule has 1 aliphatic rings. The summed E-state index contributed by atoms with van der Waals surface area (Å²) in [6.45, 7) is 1.04. The Morgan fingerprint density at radius 3 is 2.58 bits per heavy atom. The van der Waals surface area contributed by atoms with Gasteiger partial charge >= 0.3 is 0 Å². The smallest absolute Gasteiger partial charge is 0.255 e. The van der Waals surface area contributed by atoms with Crippen LogP contribution in [-0.4, -0.2) is 32.1 Å². The first-order chi connectivity index (χ1) is 12.6. The first-order valence-corrected chi connectivity index (χ1v) is 8.64. The molecule has 0 saturated heterocycles. The van der Waals surface area contributed by atoms with E-state index in [0.717, 1.165) is 12.0 Å². The van der Waals surface area contributed by atoms with E-state index < -0.39 is 0 Å². The fourth-order valence-corrected chi connectivity index (χ4v) is 2.81. The summed E-state index contributed by atoms with van der Waals surface area (Å²) in [6.07, 6.45) is 1.05. The second-order valence-electron chi connectivity index (χ2n) is 5.84. The van der Waals surface area contributed by atoms with Crippen LogP contribution in [0.25, 0.3) is 0 Å². The van der Waals surface area contributed by atoms with Gasteiger partial charge in [-0.3, -0.25) is 9.59 Å². The van der Waals surface area contributed by atoms with Crippen LogP contribution in [0.3, 0.4) is 0 Å². The number of fused-ring (bicyclic) bond motifs is 1. The van der Waals surface area contributed by atoms with Crippen LogP contribution in [0.1, 0.15) is 22.3 Å². The monoisotopic (exact) mass is 374 g/mol. The van der Waals surface area contributed by atoms with Crippen molar-refractivity contribution in [3.8, 4) is 11.5 Å². The fraction of sp³-hybridized carbons (Fsp3) is 0.263. The Morgan fingerprint density at radius 2 is 1.85 bits per heavy atom. The number of anilines is 1. The molecule has 6 nitrogen and oxygen atoms in total. The molecule has 2 N–H and O–H groups in total. The van der Waals surface area contributed by atoms with Gasteiger partial charge in [-0.1, -0.05) is 23.7 Å². The third-order valence-electron chi connectivity index (χ3n) is 3.92. The number of carbonyl (C=O) groups is 2. The number of benzene rings is 2. The number of hydrogen-bond acceptors (Lipinski definition) is 4. The van der Waals surface area contributed by atoms with Gasteiger partial charge in [-0.15, -0.1) is 0 Å². The zero-order chi connectivity index (χ0) is 18.5. The van der Waals surface area contributed by atoms with Crippen molar-refractivity contribution in [1.82, 2.24) is 5.32 Å². The maximum Gasteiger partial charge on any atom is 0.255 e. The van der Waals surface area contributed by atoms with Crippen molar-refractivity contribution in [3.05, 3.63) is 52.5 Å². The number of ether oxygens (including phenoxy) is 2. The number of carbonyl (C=O) groups excluding carboxylic acids is 2. The molecule has 0 aromatic heterocycles. The lowest BCUT2D eigenvalue weighted by atomic mass is 10.1. The lowest BCUT2D eigenvalue weighted by Crippen LogP contribution is -2.19. The number of hydrogen-bond donors (Lipinski definition) is 2. The molecule has 0 saturated carbocycles. The Kier molecular flexibility index (Phi) is 5.63. The average molecular weight is 375 g/mol. The highest BCUT2D eigenvalue weighted by Gasteiger charge is 2.18. The summed E-state index contributed by atoms with van der Waals surface area (Å²) in [6, 6.07) is 10.3. The minimum atomic E-state index is -0.304. The van der Waals surface area contributed by atoms with E-state index in [1.807, 2.05) is 0 Å². The lowest BCUT2D eigenvalue weighted by molar-refractivity contribution is -0.119. The molecule has 2 amide bonds. The Morgan fingerprint density at radius 1 is 1.12 bits per heavy atom. The minimum absolute atomic E-state index is 0.0661. The van der Waals surface area contributed by atoms with Gasteiger partial charge < -0.3 is 20.1 Å². The van der Waals surface area contributed by atoms with Crippen LogP contribution < -0.4 is 20.1 Å². The van der Waals surface area contributed by atoms with Gasteiger partial charge in [0.1, 0.15) is 0 Å². The number of likely N-dealkylation sites (N-methyl/N-ethyl adjacent to an activating group) is 1. The predicted molar refractivity (Wildman–Crippen MR) is 99.2 cm³/mol. The van der Waals surface area contributed by atoms with Crippen LogP contribution in [0.4, 0.5) is 5.69 Å². The molecule has 0 spiro atoms. The zero-order valence-electron chi connectivity index (χ0n) is 14.3. The van der Waals surface area contributed by atoms with E-state index in [2.05, 4.69) is 10.6 Å². The summed E-state index contributed by atoms with van der Waals surface area (Å²) in [5.74, 6) is 0.575. The van der Waals surface area contributed by atoms with Crippen molar-refractivity contribution >= 4 is 29.1 Å². The summed E-state index contributed by atoms with van der Waals surface area (Å²) in [7, 11) is 1.59. The fourth-order valence-electron chi connectivity index (χ4n) is 2.54. The van der Waals surface area contributed by atoms with Crippen LogP contribution in [-0.2, 0) is 11.2 Å². The molecule has 1 aliphatic heterocycles. The highest BCUT2D eigenvalue weighted by Crippen LogP contribution is 2.38. The SMILES string of the molecule is CNC(=O)Cc1ccc(NC(=O)c2cc(Cl)c3c(c2)OCCCO3)cc1. The van der Waals surface area contributed by atoms with Crippen molar-refractivity contribution in [1.29, 1.82) is 0 Å². The highest BCUT2D eigenvalue weighted by atomic mass is 35.5. The van der Waals surface area contributed by atoms with Crippen molar-refractivity contribution in [2.75, 3.05) is 25.6 Å². The molecule has 0 unspecified atom stereocenters. The molecule has 136 valence electrons. The minimum Gasteiger partial charge on any atom is -0.489 e. The highest BCUT2D eigenvalue weighted by molar-refractivity contribution is 6.32. The van der Waals surface area contributed by atoms with Gasteiger partial charge in [0.2, 0.25) is 5.91 Å². The largest absolute Gasteiger partial charge is 0.489 e. The molecule has 0 radical (unpaired) electrons. The van der Waals surface area contributed by atoms with Gasteiger partial charge in [0.05, 0.1) is 24.7 Å². The van der Waals surface area contributed by atoms with E-state index in [-0.39, 0.29) is 11.8 Å². The molecule has 3 rings (SSSR count). The molecular formula is C19H19ClN2O4. The lowest BCUT2D eigenvalue weighted by Gasteiger charge is -2.12. The molecule has 7 heteroatoms. The Hall–Kier alpha value is -2.73. The quantitative estimate of drug-likeness (QED) is 0.862. The molecule has 1 heterocycles. The van der Waals surface area contributed by atoms with E-state index in [1.165, 1.54) is 0 Å². The first kappa shape index (κ1) is 18.1. The van der Waals surface area contributed by atoms with Gasteiger partial charge in [-0.05, 0) is 29.8 Å². The topological polar surface area (TPSA) is 76.7 Å². The van der Waals surface area contributed by atoms with E-state index in [9.17, 15) is 9.59 Å². The van der Waals surface area contributed by atoms with Crippen LogP contribution >= 0.6 is 11.6 Å². The second-order valence-corrected chi connectivity index (χ2v) is 6.24. The average Bonchev–Trinajstić information content (AvgIpc) is 2.89. The summed E-state index contributed by atoms with van der Waals surface area (Å²) in [5, 5.41) is 5.72. The molecular weight excluding hydrogens is 356 g/mol. The molecule has 0 fully saturated rings. The molecule has 0 atom stereocenters. The summed E-state index contributed by atoms with van der Waals surface area (Å²) < 4.78 is 11.2. The number of halogens is 1. The number of amides is 2. The van der Waals surface area contributed by atoms with Gasteiger partial charge in [0.25, 0.3) is 5.91 Å². The van der Waals surface area contributed by atoms with Gasteiger partial charge in [0.15, 0.2) is 11.5 Å². The van der Waals surface area contributed by atoms with Crippen LogP contribution in [0, 0.1) is 0 Å². The normalized spacial score (nSPS) is 12.8. The molecule has 0 aliphatic carbocycles. The van der Waals surface area contributed by atoms with Crippen molar-refractivity contribution in [2.45, 2.75) is 12.8 Å². The van der Waals surface area contributed by atoms with Gasteiger partial charge in [-0.25, -0.2) is 0 Å². The van der Waals surface area contributed by atoms with Gasteiger partial charge in [0, 0.05) is 24.7 Å². The Bertz CT molecular complexity index is 821. The summed E-state index contributed by atoms with van der Waals surface area (Å²) in [5.41, 5.74) is 1.87. The number of rotatable bonds is 4. The first-order valence-electron chi connectivity index (χ1n) is 8.27. The van der Waals surface area contributed by atoms with E-state index in [1.54, 1.807) is 43.4 Å². The van der Waals surface area contributed by atoms with Crippen LogP contribution in [0.5, 0.6) is 11.5 Å². The molecule has 26 heavy (non-hydrogen) atoms. The van der Waals surface area contributed by atoms with E-state index >= 15 is 0 Å². The Balaban J connectivity index is 1.73. The third-order valence-corrected chi connectivity index (χ3v) is 4.20. The molecule has 2 aromatic carbocycles. The summed E-state index contributed by atoms with van der Waals surface area (Å²) >= 11 is 6.23. The standard InChI is InChI=1S/C19H19ClN2O4/c1-21-17(23)9-12-3-5-14(6-4-12)22-19(24)13-10-15(20)18-16(11-13)25-7-2-8-26-18/h3-6,10-11H,2,7-9H2,1H3,(H,21,23)(H,22,24). The maximum atomic E-state index is 12.5. The number of nitrogens with one attached hydrogen (secondary N) is 2. The maximum absolute atomic E-state index is 12.5. The predicted octanol–water partition coefficient (Wildman–Crippen LogP) is 3.04. The van der Waals surface area contributed by atoms with E-state index in [4.69, 9.17) is 21.1 Å². The third kappa shape index (κ3) is 4.26. The van der Waals surface area contributed by atoms with Crippen molar-refractivity contribution in [3.63, 3.8) is 0 Å². The second kappa shape index (κ2) is 8.10.